The lowest BCUT2D eigenvalue weighted by molar-refractivity contribution is 0.350. The normalized spacial score (nSPS) is 15.2. The Morgan fingerprint density at radius 2 is 1.91 bits per heavy atom. The minimum atomic E-state index is -0.318. The van der Waals surface area contributed by atoms with Crippen LogP contribution in [0.25, 0.3) is 16.7 Å². The van der Waals surface area contributed by atoms with E-state index in [0.29, 0.717) is 29.5 Å². The number of methoxy groups -OCH3 is 3. The van der Waals surface area contributed by atoms with E-state index in [0.717, 1.165) is 41.7 Å². The molecule has 0 bridgehead atoms. The number of ether oxygens (including phenoxy) is 3. The van der Waals surface area contributed by atoms with E-state index in [9.17, 15) is 4.39 Å². The zero-order chi connectivity index (χ0) is 23.7. The van der Waals surface area contributed by atoms with Crippen LogP contribution in [-0.2, 0) is 19.4 Å². The molecule has 34 heavy (non-hydrogen) atoms. The third-order valence-electron chi connectivity index (χ3n) is 6.20. The van der Waals surface area contributed by atoms with E-state index in [1.807, 2.05) is 16.8 Å². The van der Waals surface area contributed by atoms with Gasteiger partial charge in [0.15, 0.2) is 11.5 Å². The molecule has 1 N–H and O–H groups in total. The Kier molecular flexibility index (Phi) is 6.02. The van der Waals surface area contributed by atoms with E-state index in [1.54, 1.807) is 32.5 Å². The van der Waals surface area contributed by atoms with Gasteiger partial charge < -0.3 is 19.5 Å². The molecule has 0 aliphatic heterocycles. The summed E-state index contributed by atoms with van der Waals surface area (Å²) in [7, 11) is 4.64. The zero-order valence-corrected chi connectivity index (χ0v) is 19.3. The van der Waals surface area contributed by atoms with Gasteiger partial charge in [-0.15, -0.1) is 0 Å². The van der Waals surface area contributed by atoms with Crippen molar-refractivity contribution in [2.24, 2.45) is 0 Å². The molecule has 0 saturated carbocycles. The van der Waals surface area contributed by atoms with Crippen LogP contribution >= 0.6 is 0 Å². The van der Waals surface area contributed by atoms with Crippen LogP contribution in [-0.4, -0.2) is 47.1 Å². The Balaban J connectivity index is 1.34. The molecule has 1 aliphatic rings. The molecule has 0 saturated heterocycles. The highest BCUT2D eigenvalue weighted by Gasteiger charge is 2.23. The third-order valence-corrected chi connectivity index (χ3v) is 6.20. The lowest BCUT2D eigenvalue weighted by atomic mass is 9.93. The Labute approximate surface area is 196 Å². The number of pyridine rings is 2. The van der Waals surface area contributed by atoms with Gasteiger partial charge in [0.25, 0.3) is 0 Å². The van der Waals surface area contributed by atoms with Gasteiger partial charge in [0.1, 0.15) is 11.3 Å². The highest BCUT2D eigenvalue weighted by Crippen LogP contribution is 2.30. The number of hydrogen-bond acceptors (Lipinski definition) is 7. The standard InChI is InChI=1S/C25H26FN5O3/c1-32-22-11-15(18(26)12-23(22)33-2)13-28-17-4-5-19-16(10-17)14-31(30-19)21-8-9-27-20-6-7-24(34-3)29-25(20)21/h6-9,11-12,14,17,28H,4-5,10,13H2,1-3H3. The zero-order valence-electron chi connectivity index (χ0n) is 19.3. The summed E-state index contributed by atoms with van der Waals surface area (Å²) in [6.45, 7) is 0.402. The largest absolute Gasteiger partial charge is 0.493 e. The van der Waals surface area contributed by atoms with Crippen LogP contribution < -0.4 is 19.5 Å². The van der Waals surface area contributed by atoms with Crippen molar-refractivity contribution in [1.29, 1.82) is 0 Å². The minimum Gasteiger partial charge on any atom is -0.493 e. The highest BCUT2D eigenvalue weighted by molar-refractivity contribution is 5.83. The van der Waals surface area contributed by atoms with Gasteiger partial charge in [0.05, 0.1) is 38.2 Å². The molecule has 1 atom stereocenters. The molecular formula is C25H26FN5O3. The van der Waals surface area contributed by atoms with Crippen molar-refractivity contribution >= 4 is 11.0 Å². The van der Waals surface area contributed by atoms with Gasteiger partial charge in [-0.25, -0.2) is 14.1 Å². The Hall–Kier alpha value is -3.72. The van der Waals surface area contributed by atoms with E-state index in [4.69, 9.17) is 19.3 Å². The second-order valence-corrected chi connectivity index (χ2v) is 8.22. The summed E-state index contributed by atoms with van der Waals surface area (Å²) in [6, 6.07) is 8.85. The van der Waals surface area contributed by atoms with Gasteiger partial charge in [-0.1, -0.05) is 0 Å². The van der Waals surface area contributed by atoms with Gasteiger partial charge in [-0.2, -0.15) is 5.10 Å². The van der Waals surface area contributed by atoms with Gasteiger partial charge >= 0.3 is 0 Å². The summed E-state index contributed by atoms with van der Waals surface area (Å²) >= 11 is 0. The van der Waals surface area contributed by atoms with Gasteiger partial charge in [0, 0.05) is 42.7 Å². The molecule has 4 aromatic rings. The van der Waals surface area contributed by atoms with E-state index >= 15 is 0 Å². The van der Waals surface area contributed by atoms with E-state index < -0.39 is 0 Å². The van der Waals surface area contributed by atoms with Crippen molar-refractivity contribution in [1.82, 2.24) is 25.1 Å². The first-order valence-electron chi connectivity index (χ1n) is 11.1. The number of aromatic nitrogens is 4. The van der Waals surface area contributed by atoms with Crippen LogP contribution in [0.15, 0.2) is 42.7 Å². The number of fused-ring (bicyclic) bond motifs is 2. The molecule has 8 nitrogen and oxygen atoms in total. The van der Waals surface area contributed by atoms with Crippen LogP contribution in [0.2, 0.25) is 0 Å². The van der Waals surface area contributed by atoms with Crippen LogP contribution in [0.5, 0.6) is 17.4 Å². The summed E-state index contributed by atoms with van der Waals surface area (Å²) in [5.41, 5.74) is 5.16. The fourth-order valence-electron chi connectivity index (χ4n) is 4.38. The van der Waals surface area contributed by atoms with E-state index in [2.05, 4.69) is 21.5 Å². The molecule has 176 valence electrons. The minimum absolute atomic E-state index is 0.213. The Morgan fingerprint density at radius 3 is 2.71 bits per heavy atom. The predicted octanol–water partition coefficient (Wildman–Crippen LogP) is 3.63. The molecule has 9 heteroatoms. The molecule has 0 radical (unpaired) electrons. The molecule has 3 aromatic heterocycles. The fourth-order valence-corrected chi connectivity index (χ4v) is 4.38. The van der Waals surface area contributed by atoms with Crippen molar-refractivity contribution in [2.45, 2.75) is 31.8 Å². The quantitative estimate of drug-likeness (QED) is 0.448. The molecule has 1 unspecified atom stereocenters. The second kappa shape index (κ2) is 9.26. The predicted molar refractivity (Wildman–Crippen MR) is 125 cm³/mol. The van der Waals surface area contributed by atoms with Crippen LogP contribution in [0.1, 0.15) is 23.2 Å². The highest BCUT2D eigenvalue weighted by atomic mass is 19.1. The van der Waals surface area contributed by atoms with Crippen molar-refractivity contribution in [3.05, 3.63) is 65.4 Å². The van der Waals surface area contributed by atoms with Gasteiger partial charge in [-0.3, -0.25) is 4.98 Å². The summed E-state index contributed by atoms with van der Waals surface area (Å²) < 4.78 is 32.2. The maximum absolute atomic E-state index is 14.5. The summed E-state index contributed by atoms with van der Waals surface area (Å²) in [6.07, 6.45) is 6.38. The van der Waals surface area contributed by atoms with Crippen LogP contribution in [0, 0.1) is 5.82 Å². The molecule has 0 amide bonds. The van der Waals surface area contributed by atoms with Crippen molar-refractivity contribution < 1.29 is 18.6 Å². The monoisotopic (exact) mass is 463 g/mol. The lowest BCUT2D eigenvalue weighted by Crippen LogP contribution is -2.34. The first-order chi connectivity index (χ1) is 16.6. The van der Waals surface area contributed by atoms with E-state index in [-0.39, 0.29) is 11.9 Å². The number of nitrogens with zero attached hydrogens (tertiary/aromatic N) is 4. The van der Waals surface area contributed by atoms with Gasteiger partial charge in [0.2, 0.25) is 5.88 Å². The summed E-state index contributed by atoms with van der Waals surface area (Å²) in [5, 5.41) is 8.31. The third kappa shape index (κ3) is 4.14. The summed E-state index contributed by atoms with van der Waals surface area (Å²) in [4.78, 5) is 8.98. The number of benzene rings is 1. The number of aryl methyl sites for hydroxylation is 1. The smallest absolute Gasteiger partial charge is 0.213 e. The van der Waals surface area contributed by atoms with Crippen molar-refractivity contribution in [3.63, 3.8) is 0 Å². The molecule has 1 aliphatic carbocycles. The lowest BCUT2D eigenvalue weighted by Gasteiger charge is -2.23. The SMILES string of the molecule is COc1ccc2nccc(-n3cc4c(n3)CCC(NCc3cc(OC)c(OC)cc3F)C4)c2n1. The number of rotatable bonds is 7. The number of hydrogen-bond donors (Lipinski definition) is 1. The van der Waals surface area contributed by atoms with Crippen LogP contribution in [0.4, 0.5) is 4.39 Å². The molecular weight excluding hydrogens is 437 g/mol. The maximum atomic E-state index is 14.5. The first-order valence-corrected chi connectivity index (χ1v) is 11.1. The second-order valence-electron chi connectivity index (χ2n) is 8.22. The molecule has 1 aromatic carbocycles. The maximum Gasteiger partial charge on any atom is 0.213 e. The first kappa shape index (κ1) is 22.1. The molecule has 0 spiro atoms. The Morgan fingerprint density at radius 1 is 1.09 bits per heavy atom. The van der Waals surface area contributed by atoms with Crippen molar-refractivity contribution in [3.8, 4) is 23.1 Å². The average Bonchev–Trinajstić information content (AvgIpc) is 3.30. The average molecular weight is 464 g/mol. The molecule has 5 rings (SSSR count). The van der Waals surface area contributed by atoms with Gasteiger partial charge in [-0.05, 0) is 43.0 Å². The van der Waals surface area contributed by atoms with E-state index in [1.165, 1.54) is 18.7 Å². The molecule has 3 heterocycles. The fraction of sp³-hybridized carbons (Fsp3) is 0.320. The Bertz CT molecular complexity index is 1340. The number of halogens is 1. The number of nitrogens with one attached hydrogen (secondary N) is 1. The topological polar surface area (TPSA) is 83.3 Å². The van der Waals surface area contributed by atoms with Crippen LogP contribution in [0.3, 0.4) is 0 Å². The molecule has 0 fully saturated rings. The van der Waals surface area contributed by atoms with Crippen molar-refractivity contribution in [2.75, 3.05) is 21.3 Å². The summed E-state index contributed by atoms with van der Waals surface area (Å²) in [5.74, 6) is 1.12.